The molecule has 0 fully saturated rings. The van der Waals surface area contributed by atoms with E-state index >= 15 is 0 Å². The van der Waals surface area contributed by atoms with Crippen LogP contribution in [0.1, 0.15) is 53.3 Å². The van der Waals surface area contributed by atoms with E-state index in [1.165, 1.54) is 52.6 Å². The number of hydrogen-bond acceptors (Lipinski definition) is 12. The molecular formula is C38H47N5O11. The number of aryl methyl sites for hydroxylation is 4. The second-order valence-electron chi connectivity index (χ2n) is 12.2. The van der Waals surface area contributed by atoms with Crippen LogP contribution in [-0.4, -0.2) is 106 Å². The first-order valence-electron chi connectivity index (χ1n) is 15.8. The van der Waals surface area contributed by atoms with Gasteiger partial charge in [0.05, 0.1) is 27.3 Å². The highest BCUT2D eigenvalue weighted by Gasteiger charge is 2.23. The first-order valence-corrected chi connectivity index (χ1v) is 15.8. The minimum atomic E-state index is -0.714. The second-order valence-corrected chi connectivity index (χ2v) is 12.2. The minimum absolute atomic E-state index is 0.0318. The van der Waals surface area contributed by atoms with Gasteiger partial charge in [-0.1, -0.05) is 29.3 Å². The Hall–Kier alpha value is -6.93. The van der Waals surface area contributed by atoms with Gasteiger partial charge in [-0.25, -0.2) is 0 Å². The molecule has 0 radical (unpaired) electrons. The topological polar surface area (TPSA) is 245 Å². The van der Waals surface area contributed by atoms with Gasteiger partial charge in [0.25, 0.3) is 17.7 Å². The van der Waals surface area contributed by atoms with E-state index < -0.39 is 22.3 Å². The maximum atomic E-state index is 11.6. The van der Waals surface area contributed by atoms with Gasteiger partial charge in [-0.3, -0.25) is 24.5 Å². The van der Waals surface area contributed by atoms with Crippen molar-refractivity contribution in [2.24, 2.45) is 0 Å². The zero-order valence-corrected chi connectivity index (χ0v) is 31.9. The molecular weight excluding hydrogens is 702 g/mol. The summed E-state index contributed by atoms with van der Waals surface area (Å²) >= 11 is 0. The summed E-state index contributed by atoms with van der Waals surface area (Å²) in [5.74, 6) is -1.27. The lowest BCUT2D eigenvalue weighted by molar-refractivity contribution is -0.385. The van der Waals surface area contributed by atoms with Crippen LogP contribution in [0.5, 0.6) is 23.0 Å². The van der Waals surface area contributed by atoms with E-state index in [4.69, 9.17) is 20.4 Å². The summed E-state index contributed by atoms with van der Waals surface area (Å²) in [6.07, 6.45) is 0.250. The second kappa shape index (κ2) is 22.1. The molecule has 4 aromatic rings. The number of aromatic hydroxyl groups is 4. The van der Waals surface area contributed by atoms with Gasteiger partial charge in [0, 0.05) is 48.4 Å². The number of nitrogens with two attached hydrogens (primary N) is 1. The molecule has 0 unspecified atom stereocenters. The molecule has 290 valence electrons. The van der Waals surface area contributed by atoms with Crippen molar-refractivity contribution in [3.05, 3.63) is 116 Å². The van der Waals surface area contributed by atoms with Gasteiger partial charge in [0.1, 0.15) is 11.5 Å². The molecule has 4 rings (SSSR count). The number of carbonyl (C=O) groups is 3. The predicted molar refractivity (Wildman–Crippen MR) is 202 cm³/mol. The van der Waals surface area contributed by atoms with Crippen molar-refractivity contribution in [2.75, 3.05) is 48.0 Å². The molecule has 0 aromatic heterocycles. The smallest absolute Gasteiger partial charge is 0.373 e. The van der Waals surface area contributed by atoms with Crippen molar-refractivity contribution in [3.8, 4) is 23.0 Å². The number of nitro groups is 1. The lowest BCUT2D eigenvalue weighted by Gasteiger charge is -2.13. The van der Waals surface area contributed by atoms with Crippen LogP contribution in [0.4, 0.5) is 11.4 Å². The Labute approximate surface area is 313 Å². The molecule has 0 aliphatic rings. The Bertz CT molecular complexity index is 1930. The number of nitrogen functional groups attached to an aromatic ring is 1. The van der Waals surface area contributed by atoms with Crippen molar-refractivity contribution in [1.82, 2.24) is 14.7 Å². The molecule has 0 saturated carbocycles. The normalized spacial score (nSPS) is 9.37. The highest BCUT2D eigenvalue weighted by atomic mass is 16.6. The van der Waals surface area contributed by atoms with Gasteiger partial charge >= 0.3 is 11.8 Å². The Kier molecular flexibility index (Phi) is 19.3. The number of hydrogen-bond donors (Lipinski definition) is 5. The Balaban J connectivity index is 0.000000690. The SMILES string of the molecule is Cc1cc(C(=O)N(C)C)c(O)c([N+](=O)[O-])c1.Cc1cc(N)c(O)c(C(=O)N(C)C)c1.Cc1ccc(O)c(C(=O)N(C)C)c1.Cc1ccc(O)cc1.O=C=O. The fourth-order valence-corrected chi connectivity index (χ4v) is 4.12. The third kappa shape index (κ3) is 15.1. The van der Waals surface area contributed by atoms with E-state index in [1.807, 2.05) is 32.9 Å². The standard InChI is InChI=1S/C10H12N2O4.C10H14N2O2.C10H13NO2.C7H8O.CO2/c1-6-4-7(10(14)11(2)3)9(13)8(5-6)12(15)16;1-6-4-7(10(14)12(2)3)9(13)8(11)5-6;1-7-4-5-9(12)8(6-7)10(13)11(2)3;1-6-2-4-7(8)5-3-6;2-1-3/h4-5,13H,1-3H3;4-5,13H,11H2,1-3H3;4-6,12H,1-3H3;2-5,8H,1H3;. The number of anilines is 1. The Morgan fingerprint density at radius 2 is 0.963 bits per heavy atom. The fraction of sp³-hybridized carbons (Fsp3) is 0.263. The summed E-state index contributed by atoms with van der Waals surface area (Å²) in [6.45, 7) is 7.31. The average Bonchev–Trinajstić information content (AvgIpc) is 3.09. The Morgan fingerprint density at radius 3 is 1.37 bits per heavy atom. The third-order valence-corrected chi connectivity index (χ3v) is 6.81. The van der Waals surface area contributed by atoms with Crippen LogP contribution < -0.4 is 5.73 Å². The highest BCUT2D eigenvalue weighted by molar-refractivity contribution is 5.99. The zero-order valence-electron chi connectivity index (χ0n) is 31.9. The van der Waals surface area contributed by atoms with Crippen LogP contribution in [0.25, 0.3) is 0 Å². The lowest BCUT2D eigenvalue weighted by atomic mass is 10.1. The first-order chi connectivity index (χ1) is 25.0. The molecule has 4 aromatic carbocycles. The zero-order chi connectivity index (χ0) is 42.0. The molecule has 16 nitrogen and oxygen atoms in total. The van der Waals surface area contributed by atoms with Crippen molar-refractivity contribution < 1.29 is 49.3 Å². The maximum absolute atomic E-state index is 11.6. The highest BCUT2D eigenvalue weighted by Crippen LogP contribution is 2.31. The van der Waals surface area contributed by atoms with Crippen LogP contribution in [-0.2, 0) is 9.59 Å². The number of carbonyl (C=O) groups excluding carboxylic acids is 5. The van der Waals surface area contributed by atoms with Gasteiger partial charge in [-0.05, 0) is 81.3 Å². The molecule has 0 aliphatic carbocycles. The summed E-state index contributed by atoms with van der Waals surface area (Å²) in [5.41, 5.74) is 9.39. The molecule has 0 heterocycles. The maximum Gasteiger partial charge on any atom is 0.373 e. The van der Waals surface area contributed by atoms with Crippen LogP contribution >= 0.6 is 0 Å². The average molecular weight is 750 g/mol. The quantitative estimate of drug-likeness (QED) is 0.0816. The number of nitrogens with zero attached hydrogens (tertiary/aromatic N) is 4. The van der Waals surface area contributed by atoms with Crippen LogP contribution in [0.3, 0.4) is 0 Å². The number of amides is 3. The van der Waals surface area contributed by atoms with E-state index in [0.717, 1.165) is 11.1 Å². The number of phenols is 4. The largest absolute Gasteiger partial charge is 0.508 e. The van der Waals surface area contributed by atoms with E-state index in [2.05, 4.69) is 0 Å². The number of benzene rings is 4. The van der Waals surface area contributed by atoms with Crippen LogP contribution in [0.15, 0.2) is 66.7 Å². The lowest BCUT2D eigenvalue weighted by Crippen LogP contribution is -2.22. The molecule has 54 heavy (non-hydrogen) atoms. The summed E-state index contributed by atoms with van der Waals surface area (Å²) in [6, 6.07) is 18.0. The molecule has 6 N–H and O–H groups in total. The number of nitro benzene ring substituents is 1. The molecule has 0 aliphatic heterocycles. The molecule has 0 saturated heterocycles. The van der Waals surface area contributed by atoms with Gasteiger partial charge in [-0.15, -0.1) is 0 Å². The molecule has 16 heteroatoms. The molecule has 0 atom stereocenters. The van der Waals surface area contributed by atoms with E-state index in [0.29, 0.717) is 16.9 Å². The van der Waals surface area contributed by atoms with Crippen molar-refractivity contribution in [2.45, 2.75) is 27.7 Å². The van der Waals surface area contributed by atoms with Crippen molar-refractivity contribution >= 4 is 35.2 Å². The van der Waals surface area contributed by atoms with Crippen LogP contribution in [0, 0.1) is 37.8 Å². The molecule has 0 spiro atoms. The minimum Gasteiger partial charge on any atom is -0.508 e. The summed E-state index contributed by atoms with van der Waals surface area (Å²) in [7, 11) is 9.58. The first kappa shape index (κ1) is 47.1. The summed E-state index contributed by atoms with van der Waals surface area (Å²) < 4.78 is 0. The van der Waals surface area contributed by atoms with E-state index in [1.54, 1.807) is 71.5 Å². The van der Waals surface area contributed by atoms with Gasteiger partial charge in [0.15, 0.2) is 5.75 Å². The number of rotatable bonds is 4. The van der Waals surface area contributed by atoms with Gasteiger partial charge in [0.2, 0.25) is 5.75 Å². The molecule has 3 amide bonds. The van der Waals surface area contributed by atoms with Crippen molar-refractivity contribution in [3.63, 3.8) is 0 Å². The van der Waals surface area contributed by atoms with Crippen molar-refractivity contribution in [1.29, 1.82) is 0 Å². The van der Waals surface area contributed by atoms with Gasteiger partial charge < -0.3 is 40.9 Å². The monoisotopic (exact) mass is 749 g/mol. The predicted octanol–water partition coefficient (Wildman–Crippen LogP) is 4.81. The number of phenolic OH excluding ortho intramolecular Hbond substituents is 4. The van der Waals surface area contributed by atoms with E-state index in [-0.39, 0.29) is 46.3 Å². The van der Waals surface area contributed by atoms with Crippen LogP contribution in [0.2, 0.25) is 0 Å². The van der Waals surface area contributed by atoms with E-state index in [9.17, 15) is 39.8 Å². The molecule has 0 bridgehead atoms. The summed E-state index contributed by atoms with van der Waals surface area (Å²) in [5, 5.41) is 48.0. The Morgan fingerprint density at radius 1 is 0.593 bits per heavy atom. The van der Waals surface area contributed by atoms with Gasteiger partial charge in [-0.2, -0.15) is 9.59 Å². The summed E-state index contributed by atoms with van der Waals surface area (Å²) in [4.78, 5) is 65.0. The third-order valence-electron chi connectivity index (χ3n) is 6.81. The fourth-order valence-electron chi connectivity index (χ4n) is 4.12.